The Kier molecular flexibility index (Phi) is 7.15. The van der Waals surface area contributed by atoms with Crippen LogP contribution in [0.5, 0.6) is 0 Å². The predicted molar refractivity (Wildman–Crippen MR) is 139 cm³/mol. The third kappa shape index (κ3) is 4.67. The highest BCUT2D eigenvalue weighted by molar-refractivity contribution is 6.41. The van der Waals surface area contributed by atoms with Crippen LogP contribution in [-0.4, -0.2) is 56.5 Å². The maximum Gasteiger partial charge on any atom is 0.360 e. The Morgan fingerprint density at radius 2 is 1.64 bits per heavy atom. The molecule has 4 atom stereocenters. The normalized spacial score (nSPS) is 31.7. The van der Waals surface area contributed by atoms with Crippen molar-refractivity contribution in [1.29, 1.82) is 0 Å². The van der Waals surface area contributed by atoms with Gasteiger partial charge < -0.3 is 14.5 Å². The average molecular weight is 495 g/mol. The van der Waals surface area contributed by atoms with Crippen LogP contribution in [0, 0.1) is 11.8 Å². The van der Waals surface area contributed by atoms with Gasteiger partial charge in [0.15, 0.2) is 5.69 Å². The topological polar surface area (TPSA) is 97.0 Å². The number of aliphatic carboxylic acids is 1. The number of carboxylic acids is 1. The van der Waals surface area contributed by atoms with E-state index in [2.05, 4.69) is 28.9 Å². The molecule has 8 heteroatoms. The van der Waals surface area contributed by atoms with Crippen molar-refractivity contribution in [3.05, 3.63) is 40.3 Å². The Bertz CT molecular complexity index is 1180. The Morgan fingerprint density at radius 3 is 2.25 bits per heavy atom. The van der Waals surface area contributed by atoms with Crippen molar-refractivity contribution in [2.75, 3.05) is 7.11 Å². The minimum atomic E-state index is -1.33. The predicted octanol–water partition coefficient (Wildman–Crippen LogP) is 4.60. The van der Waals surface area contributed by atoms with E-state index in [-0.39, 0.29) is 11.7 Å². The first kappa shape index (κ1) is 24.9. The lowest BCUT2D eigenvalue weighted by Gasteiger charge is -2.50. The molecule has 194 valence electrons. The largest absolute Gasteiger partial charge is 0.476 e. The van der Waals surface area contributed by atoms with Crippen molar-refractivity contribution >= 4 is 22.7 Å². The molecule has 1 aliphatic heterocycles. The number of rotatable bonds is 5. The molecule has 2 aliphatic carbocycles. The SMILES string of the molecule is CO/N=C(\C(=O)O)c1nc2ccccc2n(C2CC(C)N(C3CC4CCCCC(C4)C3)C(C)C2)c1=O. The summed E-state index contributed by atoms with van der Waals surface area (Å²) < 4.78 is 1.77. The van der Waals surface area contributed by atoms with Gasteiger partial charge in [0, 0.05) is 24.2 Å². The van der Waals surface area contributed by atoms with Gasteiger partial charge in [0.25, 0.3) is 5.56 Å². The Morgan fingerprint density at radius 1 is 1.00 bits per heavy atom. The van der Waals surface area contributed by atoms with Crippen LogP contribution >= 0.6 is 0 Å². The van der Waals surface area contributed by atoms with Gasteiger partial charge in [-0.25, -0.2) is 9.78 Å². The number of benzene rings is 1. The van der Waals surface area contributed by atoms with Crippen molar-refractivity contribution in [1.82, 2.24) is 14.5 Å². The average Bonchev–Trinajstić information content (AvgIpc) is 3.01. The molecule has 1 N–H and O–H groups in total. The molecular weight excluding hydrogens is 456 g/mol. The third-order valence-electron chi connectivity index (χ3n) is 8.79. The van der Waals surface area contributed by atoms with Crippen molar-refractivity contribution in [2.24, 2.45) is 17.0 Å². The summed E-state index contributed by atoms with van der Waals surface area (Å²) >= 11 is 0. The van der Waals surface area contributed by atoms with E-state index in [1.807, 2.05) is 24.3 Å². The van der Waals surface area contributed by atoms with E-state index in [1.54, 1.807) is 4.57 Å². The van der Waals surface area contributed by atoms with Gasteiger partial charge in [-0.15, -0.1) is 0 Å². The number of piperidine rings is 1. The molecule has 36 heavy (non-hydrogen) atoms. The Hall–Kier alpha value is -2.74. The van der Waals surface area contributed by atoms with Crippen molar-refractivity contribution in [2.45, 2.75) is 95.8 Å². The third-order valence-corrected chi connectivity index (χ3v) is 8.79. The van der Waals surface area contributed by atoms with Crippen LogP contribution in [0.25, 0.3) is 11.0 Å². The van der Waals surface area contributed by atoms with Gasteiger partial charge in [-0.3, -0.25) is 9.69 Å². The van der Waals surface area contributed by atoms with E-state index >= 15 is 0 Å². The maximum absolute atomic E-state index is 13.8. The fourth-order valence-electron chi connectivity index (χ4n) is 7.55. The van der Waals surface area contributed by atoms with Crippen molar-refractivity contribution in [3.8, 4) is 0 Å². The summed E-state index contributed by atoms with van der Waals surface area (Å²) in [6.45, 7) is 4.59. The quantitative estimate of drug-likeness (QED) is 0.482. The Labute approximate surface area is 212 Å². The number of oxime groups is 1. The van der Waals surface area contributed by atoms with Crippen LogP contribution in [0.3, 0.4) is 0 Å². The van der Waals surface area contributed by atoms with Gasteiger partial charge in [0.2, 0.25) is 5.71 Å². The zero-order chi connectivity index (χ0) is 25.4. The van der Waals surface area contributed by atoms with Gasteiger partial charge in [0.1, 0.15) is 7.11 Å². The number of nitrogens with zero attached hydrogens (tertiary/aromatic N) is 4. The molecule has 2 heterocycles. The molecule has 3 aliphatic rings. The van der Waals surface area contributed by atoms with Crippen molar-refractivity contribution in [3.63, 3.8) is 0 Å². The molecule has 3 fully saturated rings. The van der Waals surface area contributed by atoms with Crippen LogP contribution in [0.1, 0.15) is 83.4 Å². The first-order chi connectivity index (χ1) is 17.4. The zero-order valence-corrected chi connectivity index (χ0v) is 21.6. The van der Waals surface area contributed by atoms with Crippen LogP contribution in [0.2, 0.25) is 0 Å². The first-order valence-corrected chi connectivity index (χ1v) is 13.5. The molecule has 4 unspecified atom stereocenters. The van der Waals surface area contributed by atoms with E-state index in [0.29, 0.717) is 23.6 Å². The minimum absolute atomic E-state index is 0.0474. The molecule has 2 bridgehead atoms. The summed E-state index contributed by atoms with van der Waals surface area (Å²) in [7, 11) is 1.27. The van der Waals surface area contributed by atoms with Gasteiger partial charge in [-0.2, -0.15) is 0 Å². The monoisotopic (exact) mass is 494 g/mol. The second-order valence-electron chi connectivity index (χ2n) is 11.2. The van der Waals surface area contributed by atoms with Gasteiger partial charge in [0.05, 0.1) is 11.0 Å². The maximum atomic E-state index is 13.8. The standard InChI is InChI=1S/C28H38N4O4/c1-17-12-21(13-18(2)31(17)22-15-19-8-4-5-9-20(14-19)16-22)32-24-11-7-6-10-23(24)29-25(27(32)33)26(28(34)35)30-36-3/h6-7,10-11,17-22H,4-5,8-9,12-16H2,1-3H3,(H,34,35)/b30-26-. The number of fused-ring (bicyclic) bond motifs is 3. The Balaban J connectivity index is 1.49. The van der Waals surface area contributed by atoms with E-state index in [9.17, 15) is 14.7 Å². The number of carboxylic acid groups (broad SMARTS) is 1. The molecule has 5 rings (SSSR count). The summed E-state index contributed by atoms with van der Waals surface area (Å²) in [5, 5.41) is 13.3. The lowest BCUT2D eigenvalue weighted by atomic mass is 9.75. The summed E-state index contributed by atoms with van der Waals surface area (Å²) in [6.07, 6.45) is 11.2. The second kappa shape index (κ2) is 10.3. The van der Waals surface area contributed by atoms with E-state index < -0.39 is 17.2 Å². The first-order valence-electron chi connectivity index (χ1n) is 13.5. The molecule has 1 aromatic carbocycles. The molecule has 1 aromatic heterocycles. The summed E-state index contributed by atoms with van der Waals surface area (Å²) in [6, 6.07) is 8.68. The smallest absolute Gasteiger partial charge is 0.360 e. The molecule has 2 saturated carbocycles. The van der Waals surface area contributed by atoms with Gasteiger partial charge in [-0.1, -0.05) is 43.0 Å². The number of para-hydroxylation sites is 2. The lowest BCUT2D eigenvalue weighted by Crippen LogP contribution is -2.54. The van der Waals surface area contributed by atoms with E-state index in [0.717, 1.165) is 30.2 Å². The van der Waals surface area contributed by atoms with Crippen LogP contribution in [0.15, 0.2) is 34.2 Å². The fourth-order valence-corrected chi connectivity index (χ4v) is 7.55. The van der Waals surface area contributed by atoms with Gasteiger partial charge in [-0.05, 0) is 69.9 Å². The van der Waals surface area contributed by atoms with Crippen LogP contribution in [-0.2, 0) is 9.63 Å². The van der Waals surface area contributed by atoms with E-state index in [1.165, 1.54) is 52.1 Å². The summed E-state index contributed by atoms with van der Waals surface area (Å²) in [4.78, 5) is 37.5. The number of hydrogen-bond donors (Lipinski definition) is 1. The number of likely N-dealkylation sites (tertiary alicyclic amines) is 1. The van der Waals surface area contributed by atoms with Crippen LogP contribution in [0.4, 0.5) is 0 Å². The minimum Gasteiger partial charge on any atom is -0.476 e. The number of hydrogen-bond acceptors (Lipinski definition) is 6. The fraction of sp³-hybridized carbons (Fsp3) is 0.643. The zero-order valence-electron chi connectivity index (χ0n) is 21.6. The molecule has 0 spiro atoms. The summed E-state index contributed by atoms with van der Waals surface area (Å²) in [5.41, 5.74) is 0.243. The molecule has 2 aromatic rings. The molecule has 0 radical (unpaired) electrons. The molecule has 0 amide bonds. The highest BCUT2D eigenvalue weighted by Crippen LogP contribution is 2.43. The summed E-state index contributed by atoms with van der Waals surface area (Å²) in [5.74, 6) is 0.382. The van der Waals surface area contributed by atoms with Gasteiger partial charge >= 0.3 is 5.97 Å². The molecular formula is C28H38N4O4. The van der Waals surface area contributed by atoms with E-state index in [4.69, 9.17) is 4.84 Å². The lowest BCUT2D eigenvalue weighted by molar-refractivity contribution is -0.129. The highest BCUT2D eigenvalue weighted by atomic mass is 16.6. The highest BCUT2D eigenvalue weighted by Gasteiger charge is 2.41. The molecule has 1 saturated heterocycles. The number of aromatic nitrogens is 2. The van der Waals surface area contributed by atoms with Crippen LogP contribution < -0.4 is 5.56 Å². The second-order valence-corrected chi connectivity index (χ2v) is 11.2. The number of carbonyl (C=O) groups is 1. The molecule has 8 nitrogen and oxygen atoms in total. The van der Waals surface area contributed by atoms with Crippen molar-refractivity contribution < 1.29 is 14.7 Å².